The summed E-state index contributed by atoms with van der Waals surface area (Å²) in [6.07, 6.45) is 52.9. The van der Waals surface area contributed by atoms with E-state index in [-0.39, 0.29) is 12.6 Å². The Morgan fingerprint density at radius 3 is 1.16 bits per heavy atom. The fraction of sp³-hybridized carbons (Fsp3) is 0.935. The standard InChI is InChI=1S/C46H90O4/c1-3-5-7-9-11-13-15-17-19-20-21-22-23-24-25-26-27-28-29-31-33-35-37-39-41-46(48)50-45(43-47)44-49-42-40-38-36-34-32-30-18-16-14-12-10-8-6-4-2/h14,16,45,47H,3-13,15,17-44H2,1-2H3/b16-14-. The Labute approximate surface area is 314 Å². The lowest BCUT2D eigenvalue weighted by atomic mass is 10.0. The van der Waals surface area contributed by atoms with E-state index in [0.717, 1.165) is 19.3 Å². The van der Waals surface area contributed by atoms with Crippen LogP contribution >= 0.6 is 0 Å². The van der Waals surface area contributed by atoms with Gasteiger partial charge in [0.15, 0.2) is 0 Å². The van der Waals surface area contributed by atoms with Crippen LogP contribution in [-0.4, -0.2) is 37.0 Å². The Hall–Kier alpha value is -0.870. The molecule has 0 aromatic heterocycles. The smallest absolute Gasteiger partial charge is 0.306 e. The second-order valence-electron chi connectivity index (χ2n) is 15.5. The highest BCUT2D eigenvalue weighted by molar-refractivity contribution is 5.69. The summed E-state index contributed by atoms with van der Waals surface area (Å²) in [4.78, 5) is 12.2. The second kappa shape index (κ2) is 44.3. The third-order valence-electron chi connectivity index (χ3n) is 10.3. The number of unbranched alkanes of at least 4 members (excludes halogenated alkanes) is 33. The number of hydrogen-bond donors (Lipinski definition) is 1. The van der Waals surface area contributed by atoms with Crippen LogP contribution in [0.1, 0.15) is 251 Å². The van der Waals surface area contributed by atoms with Gasteiger partial charge < -0.3 is 14.6 Å². The van der Waals surface area contributed by atoms with E-state index in [9.17, 15) is 9.90 Å². The Morgan fingerprint density at radius 1 is 0.460 bits per heavy atom. The summed E-state index contributed by atoms with van der Waals surface area (Å²) in [5, 5.41) is 9.60. The Bertz CT molecular complexity index is 663. The molecular weight excluding hydrogens is 617 g/mol. The molecule has 0 aromatic rings. The van der Waals surface area contributed by atoms with Crippen LogP contribution in [0.2, 0.25) is 0 Å². The van der Waals surface area contributed by atoms with Gasteiger partial charge in [-0.25, -0.2) is 0 Å². The molecule has 4 heteroatoms. The van der Waals surface area contributed by atoms with Crippen molar-refractivity contribution < 1.29 is 19.4 Å². The van der Waals surface area contributed by atoms with Gasteiger partial charge in [-0.15, -0.1) is 0 Å². The first kappa shape index (κ1) is 49.1. The van der Waals surface area contributed by atoms with Gasteiger partial charge in [-0.2, -0.15) is 0 Å². The monoisotopic (exact) mass is 707 g/mol. The van der Waals surface area contributed by atoms with Crippen molar-refractivity contribution in [3.8, 4) is 0 Å². The highest BCUT2D eigenvalue weighted by atomic mass is 16.6. The van der Waals surface area contributed by atoms with Crippen molar-refractivity contribution in [2.75, 3.05) is 19.8 Å². The van der Waals surface area contributed by atoms with E-state index in [0.29, 0.717) is 19.6 Å². The molecule has 1 unspecified atom stereocenters. The van der Waals surface area contributed by atoms with E-state index >= 15 is 0 Å². The summed E-state index contributed by atoms with van der Waals surface area (Å²) >= 11 is 0. The number of ether oxygens (including phenoxy) is 2. The predicted octanol–water partition coefficient (Wildman–Crippen LogP) is 14.9. The SMILES string of the molecule is CCCCCC/C=C\CCCCCCCCOCC(CO)OC(=O)CCCCCCCCCCCCCCCCCCCCCCCCCC. The first-order valence-electron chi connectivity index (χ1n) is 22.8. The van der Waals surface area contributed by atoms with Gasteiger partial charge in [0.1, 0.15) is 6.10 Å². The van der Waals surface area contributed by atoms with Gasteiger partial charge in [-0.3, -0.25) is 4.79 Å². The minimum absolute atomic E-state index is 0.168. The molecule has 0 bridgehead atoms. The van der Waals surface area contributed by atoms with Crippen LogP contribution in [0.5, 0.6) is 0 Å². The fourth-order valence-corrected chi connectivity index (χ4v) is 6.91. The molecule has 0 radical (unpaired) electrons. The van der Waals surface area contributed by atoms with Crippen molar-refractivity contribution in [3.63, 3.8) is 0 Å². The maximum Gasteiger partial charge on any atom is 0.306 e. The first-order valence-corrected chi connectivity index (χ1v) is 22.8. The van der Waals surface area contributed by atoms with E-state index in [2.05, 4.69) is 26.0 Å². The van der Waals surface area contributed by atoms with Gasteiger partial charge in [0.05, 0.1) is 13.2 Å². The Kier molecular flexibility index (Phi) is 43.5. The van der Waals surface area contributed by atoms with E-state index in [1.807, 2.05) is 0 Å². The third kappa shape index (κ3) is 41.5. The maximum absolute atomic E-state index is 12.2. The zero-order valence-electron chi connectivity index (χ0n) is 34.2. The quantitative estimate of drug-likeness (QED) is 0.0390. The molecule has 1 atom stereocenters. The molecule has 0 spiro atoms. The number of esters is 1. The molecular formula is C46H90O4. The average Bonchev–Trinajstić information content (AvgIpc) is 3.12. The number of allylic oxidation sites excluding steroid dienone is 2. The molecule has 0 fully saturated rings. The van der Waals surface area contributed by atoms with Gasteiger partial charge in [0.25, 0.3) is 0 Å². The van der Waals surface area contributed by atoms with E-state index in [1.165, 1.54) is 212 Å². The molecule has 0 rings (SSSR count). The minimum Gasteiger partial charge on any atom is -0.457 e. The Morgan fingerprint density at radius 2 is 0.780 bits per heavy atom. The van der Waals surface area contributed by atoms with Crippen molar-refractivity contribution in [1.82, 2.24) is 0 Å². The number of carbonyl (C=O) groups excluding carboxylic acids is 1. The van der Waals surface area contributed by atoms with Crippen molar-refractivity contribution in [3.05, 3.63) is 12.2 Å². The molecule has 4 nitrogen and oxygen atoms in total. The summed E-state index contributed by atoms with van der Waals surface area (Å²) in [7, 11) is 0. The summed E-state index contributed by atoms with van der Waals surface area (Å²) in [6.45, 7) is 5.36. The van der Waals surface area contributed by atoms with E-state index < -0.39 is 6.10 Å². The molecule has 0 saturated carbocycles. The van der Waals surface area contributed by atoms with E-state index in [4.69, 9.17) is 9.47 Å². The lowest BCUT2D eigenvalue weighted by Gasteiger charge is -2.15. The van der Waals surface area contributed by atoms with Crippen LogP contribution in [0.25, 0.3) is 0 Å². The van der Waals surface area contributed by atoms with Crippen LogP contribution in [0.4, 0.5) is 0 Å². The summed E-state index contributed by atoms with van der Waals surface area (Å²) in [5.41, 5.74) is 0. The molecule has 0 heterocycles. The number of aliphatic hydroxyl groups excluding tert-OH is 1. The van der Waals surface area contributed by atoms with Crippen LogP contribution in [0, 0.1) is 0 Å². The molecule has 0 aromatic carbocycles. The zero-order valence-corrected chi connectivity index (χ0v) is 34.2. The van der Waals surface area contributed by atoms with Gasteiger partial charge >= 0.3 is 5.97 Å². The summed E-state index contributed by atoms with van der Waals surface area (Å²) in [6, 6.07) is 0. The highest BCUT2D eigenvalue weighted by Crippen LogP contribution is 2.16. The first-order chi connectivity index (χ1) is 24.7. The normalized spacial score (nSPS) is 12.3. The number of carbonyl (C=O) groups is 1. The number of aliphatic hydroxyl groups is 1. The predicted molar refractivity (Wildman–Crippen MR) is 219 cm³/mol. The highest BCUT2D eigenvalue weighted by Gasteiger charge is 2.13. The van der Waals surface area contributed by atoms with Crippen molar-refractivity contribution in [2.24, 2.45) is 0 Å². The minimum atomic E-state index is -0.531. The van der Waals surface area contributed by atoms with Crippen molar-refractivity contribution >= 4 is 5.97 Å². The van der Waals surface area contributed by atoms with Gasteiger partial charge in [0.2, 0.25) is 0 Å². The van der Waals surface area contributed by atoms with Crippen molar-refractivity contribution in [2.45, 2.75) is 258 Å². The molecule has 0 saturated heterocycles. The largest absolute Gasteiger partial charge is 0.457 e. The Balaban J connectivity index is 3.35. The number of hydrogen-bond acceptors (Lipinski definition) is 4. The number of rotatable bonds is 43. The second-order valence-corrected chi connectivity index (χ2v) is 15.5. The average molecular weight is 707 g/mol. The fourth-order valence-electron chi connectivity index (χ4n) is 6.91. The maximum atomic E-state index is 12.2. The van der Waals surface area contributed by atoms with Gasteiger partial charge in [-0.05, 0) is 38.5 Å². The summed E-state index contributed by atoms with van der Waals surface area (Å²) in [5.74, 6) is -0.196. The van der Waals surface area contributed by atoms with Gasteiger partial charge in [-0.1, -0.05) is 219 Å². The lowest BCUT2D eigenvalue weighted by molar-refractivity contribution is -0.154. The zero-order chi connectivity index (χ0) is 36.3. The third-order valence-corrected chi connectivity index (χ3v) is 10.3. The van der Waals surface area contributed by atoms with Crippen molar-refractivity contribution in [1.29, 1.82) is 0 Å². The van der Waals surface area contributed by atoms with Gasteiger partial charge in [0, 0.05) is 13.0 Å². The summed E-state index contributed by atoms with van der Waals surface area (Å²) < 4.78 is 11.2. The van der Waals surface area contributed by atoms with Crippen LogP contribution in [0.3, 0.4) is 0 Å². The van der Waals surface area contributed by atoms with Crippen LogP contribution in [-0.2, 0) is 14.3 Å². The van der Waals surface area contributed by atoms with Crippen LogP contribution < -0.4 is 0 Å². The van der Waals surface area contributed by atoms with Crippen LogP contribution in [0.15, 0.2) is 12.2 Å². The molecule has 50 heavy (non-hydrogen) atoms. The van der Waals surface area contributed by atoms with E-state index in [1.54, 1.807) is 0 Å². The molecule has 0 aliphatic rings. The molecule has 0 amide bonds. The lowest BCUT2D eigenvalue weighted by Crippen LogP contribution is -2.27. The molecule has 1 N–H and O–H groups in total. The molecule has 298 valence electrons. The molecule has 0 aliphatic heterocycles. The molecule has 0 aliphatic carbocycles. The topological polar surface area (TPSA) is 55.8 Å².